The smallest absolute Gasteiger partial charge is 0.305 e. The maximum absolute atomic E-state index is 12.0. The summed E-state index contributed by atoms with van der Waals surface area (Å²) in [5.74, 6) is -0.304. The van der Waals surface area contributed by atoms with Gasteiger partial charge in [-0.1, -0.05) is 24.1 Å². The predicted octanol–water partition coefficient (Wildman–Crippen LogP) is 3.11. The molecule has 0 radical (unpaired) electrons. The number of unbranched alkanes of at least 4 members (excludes halogenated alkanes) is 2. The summed E-state index contributed by atoms with van der Waals surface area (Å²) in [5.41, 5.74) is 1.39. The summed E-state index contributed by atoms with van der Waals surface area (Å²) in [6.45, 7) is 2.42. The lowest BCUT2D eigenvalue weighted by molar-refractivity contribution is -0.140. The fraction of sp³-hybridized carbons (Fsp3) is 0.467. The molecule has 0 fully saturated rings. The Labute approximate surface area is 124 Å². The van der Waals surface area contributed by atoms with Crippen molar-refractivity contribution >= 4 is 23.5 Å². The van der Waals surface area contributed by atoms with E-state index in [4.69, 9.17) is 11.6 Å². The highest BCUT2D eigenvalue weighted by Gasteiger charge is 2.09. The fourth-order valence-corrected chi connectivity index (χ4v) is 2.00. The molecular weight excluding hydrogens is 278 g/mol. The Kier molecular flexibility index (Phi) is 7.09. The first-order chi connectivity index (χ1) is 9.56. The Balaban J connectivity index is 2.27. The number of rotatable bonds is 7. The second kappa shape index (κ2) is 8.59. The van der Waals surface area contributed by atoms with E-state index in [1.807, 2.05) is 6.92 Å². The zero-order valence-corrected chi connectivity index (χ0v) is 12.6. The quantitative estimate of drug-likeness (QED) is 0.621. The molecule has 1 N–H and O–H groups in total. The molecule has 0 aliphatic rings. The highest BCUT2D eigenvalue weighted by Crippen LogP contribution is 2.18. The zero-order chi connectivity index (χ0) is 15.0. The van der Waals surface area contributed by atoms with Crippen molar-refractivity contribution in [2.45, 2.75) is 32.6 Å². The van der Waals surface area contributed by atoms with Gasteiger partial charge < -0.3 is 10.1 Å². The van der Waals surface area contributed by atoms with Crippen LogP contribution < -0.4 is 5.32 Å². The number of halogens is 1. The second-order valence-electron chi connectivity index (χ2n) is 4.56. The highest BCUT2D eigenvalue weighted by atomic mass is 35.5. The molecule has 0 spiro atoms. The lowest BCUT2D eigenvalue weighted by Gasteiger charge is -2.08. The Hall–Kier alpha value is -1.55. The Morgan fingerprint density at radius 1 is 1.25 bits per heavy atom. The minimum absolute atomic E-state index is 0.113. The van der Waals surface area contributed by atoms with Gasteiger partial charge in [-0.3, -0.25) is 9.59 Å². The molecule has 1 aromatic rings. The predicted molar refractivity (Wildman–Crippen MR) is 79.0 cm³/mol. The summed E-state index contributed by atoms with van der Waals surface area (Å²) >= 11 is 5.98. The topological polar surface area (TPSA) is 55.4 Å². The monoisotopic (exact) mass is 297 g/mol. The number of benzene rings is 1. The summed E-state index contributed by atoms with van der Waals surface area (Å²) in [6, 6.07) is 5.29. The SMILES string of the molecule is COC(=O)CCCCCNC(=O)c1cccc(Cl)c1C. The molecule has 0 saturated heterocycles. The van der Waals surface area contributed by atoms with Gasteiger partial charge in [0.25, 0.3) is 5.91 Å². The maximum atomic E-state index is 12.0. The van der Waals surface area contributed by atoms with Gasteiger partial charge in [0.05, 0.1) is 7.11 Å². The number of methoxy groups -OCH3 is 1. The van der Waals surface area contributed by atoms with Crippen LogP contribution in [0, 0.1) is 6.92 Å². The lowest BCUT2D eigenvalue weighted by Crippen LogP contribution is -2.25. The molecule has 110 valence electrons. The van der Waals surface area contributed by atoms with E-state index in [2.05, 4.69) is 10.1 Å². The molecule has 1 amide bonds. The largest absolute Gasteiger partial charge is 0.469 e. The molecule has 0 saturated carbocycles. The fourth-order valence-electron chi connectivity index (χ4n) is 1.82. The van der Waals surface area contributed by atoms with Crippen molar-refractivity contribution < 1.29 is 14.3 Å². The van der Waals surface area contributed by atoms with Crippen molar-refractivity contribution in [2.75, 3.05) is 13.7 Å². The van der Waals surface area contributed by atoms with Gasteiger partial charge in [-0.25, -0.2) is 0 Å². The second-order valence-corrected chi connectivity index (χ2v) is 4.96. The van der Waals surface area contributed by atoms with Crippen molar-refractivity contribution in [3.63, 3.8) is 0 Å². The van der Waals surface area contributed by atoms with Crippen molar-refractivity contribution in [2.24, 2.45) is 0 Å². The van der Waals surface area contributed by atoms with Gasteiger partial charge in [-0.2, -0.15) is 0 Å². The van der Waals surface area contributed by atoms with E-state index in [0.717, 1.165) is 24.8 Å². The molecule has 4 nitrogen and oxygen atoms in total. The molecule has 0 aromatic heterocycles. The standard InChI is InChI=1S/C15H20ClNO3/c1-11-12(7-6-8-13(11)16)15(19)17-10-5-3-4-9-14(18)20-2/h6-8H,3-5,9-10H2,1-2H3,(H,17,19). The van der Waals surface area contributed by atoms with Crippen LogP contribution in [-0.4, -0.2) is 25.5 Å². The van der Waals surface area contributed by atoms with Gasteiger partial charge in [0.15, 0.2) is 0 Å². The summed E-state index contributed by atoms with van der Waals surface area (Å²) in [4.78, 5) is 22.9. The van der Waals surface area contributed by atoms with Crippen LogP contribution in [0.4, 0.5) is 0 Å². The molecule has 0 unspecified atom stereocenters. The van der Waals surface area contributed by atoms with E-state index in [1.54, 1.807) is 18.2 Å². The van der Waals surface area contributed by atoms with Crippen LogP contribution in [0.25, 0.3) is 0 Å². The summed E-state index contributed by atoms with van der Waals surface area (Å²) < 4.78 is 4.56. The number of carbonyl (C=O) groups is 2. The molecule has 0 bridgehead atoms. The highest BCUT2D eigenvalue weighted by molar-refractivity contribution is 6.31. The van der Waals surface area contributed by atoms with Crippen molar-refractivity contribution in [3.8, 4) is 0 Å². The molecule has 5 heteroatoms. The van der Waals surface area contributed by atoms with E-state index < -0.39 is 0 Å². The van der Waals surface area contributed by atoms with Crippen LogP contribution in [-0.2, 0) is 9.53 Å². The van der Waals surface area contributed by atoms with Crippen molar-refractivity contribution in [3.05, 3.63) is 34.3 Å². The van der Waals surface area contributed by atoms with Gasteiger partial charge in [0, 0.05) is 23.6 Å². The number of esters is 1. The van der Waals surface area contributed by atoms with Gasteiger partial charge in [-0.15, -0.1) is 0 Å². The van der Waals surface area contributed by atoms with E-state index >= 15 is 0 Å². The molecule has 20 heavy (non-hydrogen) atoms. The maximum Gasteiger partial charge on any atom is 0.305 e. The molecule has 0 aliphatic carbocycles. The molecular formula is C15H20ClNO3. The Morgan fingerprint density at radius 2 is 2.00 bits per heavy atom. The Bertz CT molecular complexity index is 474. The minimum atomic E-state index is -0.191. The first-order valence-corrected chi connectivity index (χ1v) is 7.04. The number of amides is 1. The molecule has 1 aromatic carbocycles. The average molecular weight is 298 g/mol. The summed E-state index contributed by atoms with van der Waals surface area (Å²) in [7, 11) is 1.38. The zero-order valence-electron chi connectivity index (χ0n) is 11.9. The van der Waals surface area contributed by atoms with Gasteiger partial charge in [0.1, 0.15) is 0 Å². The minimum Gasteiger partial charge on any atom is -0.469 e. The first-order valence-electron chi connectivity index (χ1n) is 6.66. The number of hydrogen-bond donors (Lipinski definition) is 1. The van der Waals surface area contributed by atoms with Gasteiger partial charge >= 0.3 is 5.97 Å². The van der Waals surface area contributed by atoms with Gasteiger partial charge in [-0.05, 0) is 37.5 Å². The third-order valence-corrected chi connectivity index (χ3v) is 3.49. The Morgan fingerprint density at radius 3 is 2.70 bits per heavy atom. The van der Waals surface area contributed by atoms with Crippen LogP contribution in [0.2, 0.25) is 5.02 Å². The molecule has 0 atom stereocenters. The van der Waals surface area contributed by atoms with E-state index in [-0.39, 0.29) is 11.9 Å². The third kappa shape index (κ3) is 5.21. The number of ether oxygens (including phenoxy) is 1. The summed E-state index contributed by atoms with van der Waals surface area (Å²) in [5, 5.41) is 3.45. The molecule has 1 rings (SSSR count). The lowest BCUT2D eigenvalue weighted by atomic mass is 10.1. The van der Waals surface area contributed by atoms with Crippen molar-refractivity contribution in [1.82, 2.24) is 5.32 Å². The summed E-state index contributed by atoms with van der Waals surface area (Å²) in [6.07, 6.45) is 2.92. The first kappa shape index (κ1) is 16.5. The van der Waals surface area contributed by atoms with Crippen LogP contribution >= 0.6 is 11.6 Å². The van der Waals surface area contributed by atoms with Crippen LogP contribution in [0.3, 0.4) is 0 Å². The average Bonchev–Trinajstić information content (AvgIpc) is 2.44. The van der Waals surface area contributed by atoms with E-state index in [0.29, 0.717) is 23.6 Å². The van der Waals surface area contributed by atoms with E-state index in [1.165, 1.54) is 7.11 Å². The number of hydrogen-bond acceptors (Lipinski definition) is 3. The van der Waals surface area contributed by atoms with Gasteiger partial charge in [0.2, 0.25) is 0 Å². The third-order valence-electron chi connectivity index (χ3n) is 3.08. The molecule has 0 heterocycles. The van der Waals surface area contributed by atoms with Crippen LogP contribution in [0.15, 0.2) is 18.2 Å². The number of nitrogens with one attached hydrogen (secondary N) is 1. The van der Waals surface area contributed by atoms with Crippen LogP contribution in [0.5, 0.6) is 0 Å². The van der Waals surface area contributed by atoms with Crippen molar-refractivity contribution in [1.29, 1.82) is 0 Å². The van der Waals surface area contributed by atoms with E-state index in [9.17, 15) is 9.59 Å². The molecule has 0 aliphatic heterocycles. The normalized spacial score (nSPS) is 10.2. The van der Waals surface area contributed by atoms with Crippen LogP contribution in [0.1, 0.15) is 41.6 Å². The number of carbonyl (C=O) groups excluding carboxylic acids is 2.